The average molecular weight is 380 g/mol. The summed E-state index contributed by atoms with van der Waals surface area (Å²) in [4.78, 5) is 16.2. The van der Waals surface area contributed by atoms with Crippen molar-refractivity contribution < 1.29 is 18.0 Å². The first-order valence-corrected chi connectivity index (χ1v) is 9.03. The number of nitrogens with one attached hydrogen (secondary N) is 1. The number of nitrogens with zero attached hydrogens (tertiary/aromatic N) is 2. The van der Waals surface area contributed by atoms with Crippen molar-refractivity contribution in [2.75, 3.05) is 5.32 Å². The van der Waals surface area contributed by atoms with Crippen LogP contribution in [0.1, 0.15) is 37.8 Å². The van der Waals surface area contributed by atoms with E-state index >= 15 is 0 Å². The molecule has 27 heavy (non-hydrogen) atoms. The van der Waals surface area contributed by atoms with Crippen molar-refractivity contribution in [1.82, 2.24) is 9.55 Å². The van der Waals surface area contributed by atoms with E-state index in [4.69, 9.17) is 5.73 Å². The van der Waals surface area contributed by atoms with Gasteiger partial charge in [0, 0.05) is 18.3 Å². The second-order valence-electron chi connectivity index (χ2n) is 7.04. The van der Waals surface area contributed by atoms with Gasteiger partial charge in [0.1, 0.15) is 5.69 Å². The van der Waals surface area contributed by atoms with E-state index in [0.717, 1.165) is 36.6 Å². The van der Waals surface area contributed by atoms with Crippen molar-refractivity contribution in [3.8, 4) is 11.3 Å². The van der Waals surface area contributed by atoms with E-state index in [2.05, 4.69) is 10.3 Å². The fourth-order valence-electron chi connectivity index (χ4n) is 3.62. The molecule has 0 spiro atoms. The molecule has 1 fully saturated rings. The first-order valence-electron chi connectivity index (χ1n) is 9.03. The normalized spacial score (nSPS) is 16.9. The minimum atomic E-state index is -4.50. The molecule has 1 aromatic heterocycles. The minimum absolute atomic E-state index is 0.137. The van der Waals surface area contributed by atoms with Crippen LogP contribution >= 0.6 is 0 Å². The molecule has 1 aliphatic carbocycles. The van der Waals surface area contributed by atoms with Gasteiger partial charge in [-0.2, -0.15) is 13.2 Å². The zero-order valence-electron chi connectivity index (χ0n) is 15.1. The number of nitrogens with two attached hydrogens (primary N) is 1. The van der Waals surface area contributed by atoms with Gasteiger partial charge in [0.05, 0.1) is 12.4 Å². The molecular formula is C19H23F3N4O. The maximum Gasteiger partial charge on any atom is 0.433 e. The lowest BCUT2D eigenvalue weighted by molar-refractivity contribution is -0.142. The maximum atomic E-state index is 13.2. The number of halogens is 3. The molecule has 0 bridgehead atoms. The van der Waals surface area contributed by atoms with Crippen molar-refractivity contribution >= 4 is 11.6 Å². The first kappa shape index (κ1) is 19.4. The monoisotopic (exact) mass is 380 g/mol. The van der Waals surface area contributed by atoms with Crippen LogP contribution in [0.5, 0.6) is 0 Å². The SMILES string of the molecule is Cn1cnc(-c2ccc(NC(=O)C(N)C3CCCCC3)cc2)c1C(F)(F)F. The number of carbonyl (C=O) groups excluding carboxylic acids is 1. The number of rotatable bonds is 4. The number of hydrogen-bond donors (Lipinski definition) is 2. The molecule has 1 amide bonds. The lowest BCUT2D eigenvalue weighted by Crippen LogP contribution is -2.42. The summed E-state index contributed by atoms with van der Waals surface area (Å²) in [5, 5.41) is 2.76. The van der Waals surface area contributed by atoms with Crippen LogP contribution in [0.15, 0.2) is 30.6 Å². The molecule has 1 aliphatic rings. The summed E-state index contributed by atoms with van der Waals surface area (Å²) >= 11 is 0. The van der Waals surface area contributed by atoms with Crippen molar-refractivity contribution in [3.63, 3.8) is 0 Å². The number of alkyl halides is 3. The summed E-state index contributed by atoms with van der Waals surface area (Å²) < 4.78 is 40.6. The molecule has 5 nitrogen and oxygen atoms in total. The number of aryl methyl sites for hydroxylation is 1. The Balaban J connectivity index is 1.72. The zero-order chi connectivity index (χ0) is 19.6. The molecule has 3 N–H and O–H groups in total. The molecule has 146 valence electrons. The Labute approximate surface area is 155 Å². The highest BCUT2D eigenvalue weighted by atomic mass is 19.4. The van der Waals surface area contributed by atoms with Gasteiger partial charge in [-0.15, -0.1) is 0 Å². The van der Waals surface area contributed by atoms with Gasteiger partial charge in [-0.05, 0) is 30.9 Å². The van der Waals surface area contributed by atoms with Crippen molar-refractivity contribution in [3.05, 3.63) is 36.3 Å². The molecule has 1 atom stereocenters. The molecule has 8 heteroatoms. The second-order valence-corrected chi connectivity index (χ2v) is 7.04. The molecule has 1 unspecified atom stereocenters. The summed E-state index contributed by atoms with van der Waals surface area (Å²) in [6.45, 7) is 0. The van der Waals surface area contributed by atoms with Crippen LogP contribution in [0.3, 0.4) is 0 Å². The largest absolute Gasteiger partial charge is 0.433 e. The van der Waals surface area contributed by atoms with Crippen LogP contribution < -0.4 is 11.1 Å². The quantitative estimate of drug-likeness (QED) is 0.844. The highest BCUT2D eigenvalue weighted by Crippen LogP contribution is 2.36. The Morgan fingerprint density at radius 1 is 1.22 bits per heavy atom. The average Bonchev–Trinajstić information content (AvgIpc) is 3.04. The van der Waals surface area contributed by atoms with Crippen molar-refractivity contribution in [2.45, 2.75) is 44.3 Å². The Hall–Kier alpha value is -2.35. The summed E-state index contributed by atoms with van der Waals surface area (Å²) in [6.07, 6.45) is 1.90. The van der Waals surface area contributed by atoms with Gasteiger partial charge in [-0.25, -0.2) is 4.98 Å². The van der Waals surface area contributed by atoms with E-state index in [1.54, 1.807) is 12.1 Å². The molecule has 0 aliphatic heterocycles. The predicted molar refractivity (Wildman–Crippen MR) is 96.8 cm³/mol. The van der Waals surface area contributed by atoms with Crippen LogP contribution in [-0.4, -0.2) is 21.5 Å². The Morgan fingerprint density at radius 3 is 2.44 bits per heavy atom. The third-order valence-electron chi connectivity index (χ3n) is 5.09. The van der Waals surface area contributed by atoms with E-state index in [-0.39, 0.29) is 17.5 Å². The van der Waals surface area contributed by atoms with Gasteiger partial charge in [0.15, 0.2) is 5.69 Å². The molecular weight excluding hydrogens is 357 g/mol. The van der Waals surface area contributed by atoms with E-state index in [1.807, 2.05) is 0 Å². The summed E-state index contributed by atoms with van der Waals surface area (Å²) in [7, 11) is 1.31. The summed E-state index contributed by atoms with van der Waals surface area (Å²) in [6, 6.07) is 5.59. The fourth-order valence-corrected chi connectivity index (χ4v) is 3.62. The van der Waals surface area contributed by atoms with Gasteiger partial charge in [-0.3, -0.25) is 4.79 Å². The van der Waals surface area contributed by atoms with Crippen LogP contribution in [0.2, 0.25) is 0 Å². The van der Waals surface area contributed by atoms with E-state index in [1.165, 1.54) is 25.6 Å². The van der Waals surface area contributed by atoms with Gasteiger partial charge < -0.3 is 15.6 Å². The molecule has 0 saturated heterocycles. The van der Waals surface area contributed by atoms with Gasteiger partial charge in [0.25, 0.3) is 0 Å². The summed E-state index contributed by atoms with van der Waals surface area (Å²) in [5.41, 5.74) is 5.97. The number of benzene rings is 1. The van der Waals surface area contributed by atoms with Crippen molar-refractivity contribution in [1.29, 1.82) is 0 Å². The standard InChI is InChI=1S/C19H23F3N4O/c1-26-11-24-16(17(26)19(20,21)22)13-7-9-14(10-8-13)25-18(27)15(23)12-5-3-2-4-6-12/h7-12,15H,2-6,23H2,1H3,(H,25,27). The molecule has 1 saturated carbocycles. The van der Waals surface area contributed by atoms with Gasteiger partial charge in [-0.1, -0.05) is 31.4 Å². The maximum absolute atomic E-state index is 13.2. The van der Waals surface area contributed by atoms with E-state index in [0.29, 0.717) is 11.3 Å². The third kappa shape index (κ3) is 4.32. The van der Waals surface area contributed by atoms with Crippen LogP contribution in [0.25, 0.3) is 11.3 Å². The number of imidazole rings is 1. The smallest absolute Gasteiger partial charge is 0.330 e. The first-order chi connectivity index (χ1) is 12.8. The Kier molecular flexibility index (Phi) is 5.55. The van der Waals surface area contributed by atoms with Gasteiger partial charge >= 0.3 is 6.18 Å². The summed E-state index contributed by atoms with van der Waals surface area (Å²) in [5.74, 6) is -0.0793. The number of anilines is 1. The third-order valence-corrected chi connectivity index (χ3v) is 5.09. The fraction of sp³-hybridized carbons (Fsp3) is 0.474. The molecule has 1 aromatic carbocycles. The van der Waals surface area contributed by atoms with Crippen LogP contribution in [-0.2, 0) is 18.0 Å². The predicted octanol–water partition coefficient (Wildman–Crippen LogP) is 3.95. The molecule has 2 aromatic rings. The number of aromatic nitrogens is 2. The van der Waals surface area contributed by atoms with E-state index < -0.39 is 17.9 Å². The zero-order valence-corrected chi connectivity index (χ0v) is 15.1. The number of carbonyl (C=O) groups is 1. The molecule has 0 radical (unpaired) electrons. The second kappa shape index (κ2) is 7.72. The van der Waals surface area contributed by atoms with Crippen molar-refractivity contribution in [2.24, 2.45) is 18.7 Å². The van der Waals surface area contributed by atoms with Crippen LogP contribution in [0.4, 0.5) is 18.9 Å². The van der Waals surface area contributed by atoms with E-state index in [9.17, 15) is 18.0 Å². The highest BCUT2D eigenvalue weighted by molar-refractivity contribution is 5.95. The Bertz CT molecular complexity index is 792. The lowest BCUT2D eigenvalue weighted by Gasteiger charge is -2.26. The highest BCUT2D eigenvalue weighted by Gasteiger charge is 2.37. The molecule has 3 rings (SSSR count). The Morgan fingerprint density at radius 2 is 1.85 bits per heavy atom. The lowest BCUT2D eigenvalue weighted by atomic mass is 9.84. The number of hydrogen-bond acceptors (Lipinski definition) is 3. The van der Waals surface area contributed by atoms with Gasteiger partial charge in [0.2, 0.25) is 5.91 Å². The topological polar surface area (TPSA) is 72.9 Å². The number of amides is 1. The minimum Gasteiger partial charge on any atom is -0.330 e. The molecule has 1 heterocycles. The van der Waals surface area contributed by atoms with Crippen LogP contribution in [0, 0.1) is 5.92 Å².